The lowest BCUT2D eigenvalue weighted by atomic mass is 9.99. The van der Waals surface area contributed by atoms with Crippen molar-refractivity contribution < 1.29 is 80.2 Å². The highest BCUT2D eigenvalue weighted by atomic mass is 31.2. The number of carbonyl (C=O) groups excluding carboxylic acids is 4. The van der Waals surface area contributed by atoms with Crippen molar-refractivity contribution in [3.8, 4) is 0 Å². The maximum absolute atomic E-state index is 13.1. The Bertz CT molecular complexity index is 1930. The summed E-state index contributed by atoms with van der Waals surface area (Å²) in [6.07, 6.45) is 62.2. The molecule has 3 N–H and O–H groups in total. The molecule has 0 bridgehead atoms. The summed E-state index contributed by atoms with van der Waals surface area (Å²) >= 11 is 0. The Kier molecular flexibility index (Phi) is 71.2. The zero-order valence-corrected chi connectivity index (χ0v) is 67.3. The SMILES string of the molecule is CCCCCCCCCCCCCCCC(=O)O[C@H](COC(=O)CCCCCCCCCCCCCC)COP(=O)(O)OC[C@H](O)COP(=O)(O)OC[C@@H](COC(=O)CCCCCCCCCCCCCCCCC(C)C)OC(=O)CCCCCCCCCCCCCCCCC(C)CC. The van der Waals surface area contributed by atoms with Gasteiger partial charge in [-0.1, -0.05) is 375 Å². The summed E-state index contributed by atoms with van der Waals surface area (Å²) in [5, 5.41) is 10.6. The number of phosphoric acid groups is 2. The molecule has 0 aromatic rings. The monoisotopic (exact) mass is 1470 g/mol. The Hall–Kier alpha value is -1.94. The number of carbonyl (C=O) groups is 4. The van der Waals surface area contributed by atoms with Gasteiger partial charge in [-0.3, -0.25) is 37.3 Å². The van der Waals surface area contributed by atoms with E-state index in [0.29, 0.717) is 25.7 Å². The highest BCUT2D eigenvalue weighted by Gasteiger charge is 2.30. The lowest BCUT2D eigenvalue weighted by Gasteiger charge is -2.21. The predicted octanol–water partition coefficient (Wildman–Crippen LogP) is 24.3. The number of hydrogen-bond donors (Lipinski definition) is 3. The van der Waals surface area contributed by atoms with Gasteiger partial charge in [0, 0.05) is 25.7 Å². The molecule has 19 heteroatoms. The summed E-state index contributed by atoms with van der Waals surface area (Å²) in [6, 6.07) is 0. The van der Waals surface area contributed by atoms with E-state index < -0.39 is 97.5 Å². The van der Waals surface area contributed by atoms with E-state index in [0.717, 1.165) is 102 Å². The van der Waals surface area contributed by atoms with Crippen molar-refractivity contribution in [1.82, 2.24) is 0 Å². The van der Waals surface area contributed by atoms with E-state index in [2.05, 4.69) is 41.5 Å². The highest BCUT2D eigenvalue weighted by molar-refractivity contribution is 7.47. The number of unbranched alkanes of at least 4 members (excludes halogenated alkanes) is 49. The van der Waals surface area contributed by atoms with Crippen LogP contribution in [0.5, 0.6) is 0 Å². The fourth-order valence-corrected chi connectivity index (χ4v) is 14.1. The average molecular weight is 1470 g/mol. The molecule has 3 unspecified atom stereocenters. The molecule has 0 aromatic carbocycles. The van der Waals surface area contributed by atoms with Crippen LogP contribution in [0.2, 0.25) is 0 Å². The second-order valence-corrected chi connectivity index (χ2v) is 32.8. The first-order chi connectivity index (χ1) is 48.4. The van der Waals surface area contributed by atoms with Crippen molar-refractivity contribution in [2.75, 3.05) is 39.6 Å². The van der Waals surface area contributed by atoms with Crippen LogP contribution in [0, 0.1) is 11.8 Å². The van der Waals surface area contributed by atoms with Crippen LogP contribution in [0.15, 0.2) is 0 Å². The van der Waals surface area contributed by atoms with Gasteiger partial charge in [-0.15, -0.1) is 0 Å². The maximum Gasteiger partial charge on any atom is 0.472 e. The molecule has 17 nitrogen and oxygen atoms in total. The third kappa shape index (κ3) is 73.0. The van der Waals surface area contributed by atoms with E-state index in [1.165, 1.54) is 244 Å². The molecule has 0 heterocycles. The molecule has 0 aliphatic carbocycles. The van der Waals surface area contributed by atoms with Crippen LogP contribution < -0.4 is 0 Å². The minimum Gasteiger partial charge on any atom is -0.462 e. The first kappa shape index (κ1) is 98.1. The Morgan fingerprint density at radius 2 is 0.510 bits per heavy atom. The van der Waals surface area contributed by atoms with Gasteiger partial charge >= 0.3 is 39.5 Å². The molecule has 0 spiro atoms. The summed E-state index contributed by atoms with van der Waals surface area (Å²) in [5.41, 5.74) is 0. The Morgan fingerprint density at radius 3 is 0.760 bits per heavy atom. The molecule has 0 saturated heterocycles. The summed E-state index contributed by atoms with van der Waals surface area (Å²) in [7, 11) is -9.92. The van der Waals surface area contributed by atoms with E-state index in [1.54, 1.807) is 0 Å². The second-order valence-electron chi connectivity index (χ2n) is 29.9. The third-order valence-electron chi connectivity index (χ3n) is 19.3. The van der Waals surface area contributed by atoms with Crippen molar-refractivity contribution in [1.29, 1.82) is 0 Å². The van der Waals surface area contributed by atoms with Crippen molar-refractivity contribution in [2.24, 2.45) is 11.8 Å². The first-order valence-electron chi connectivity index (χ1n) is 42.0. The van der Waals surface area contributed by atoms with Crippen molar-refractivity contribution >= 4 is 39.5 Å². The zero-order valence-electron chi connectivity index (χ0n) is 65.5. The van der Waals surface area contributed by atoms with Crippen LogP contribution >= 0.6 is 15.6 Å². The van der Waals surface area contributed by atoms with Gasteiger partial charge in [-0.05, 0) is 37.5 Å². The molecular formula is C81H158O17P2. The number of ether oxygens (including phenoxy) is 4. The smallest absolute Gasteiger partial charge is 0.462 e. The van der Waals surface area contributed by atoms with Gasteiger partial charge in [0.2, 0.25) is 0 Å². The van der Waals surface area contributed by atoms with E-state index in [9.17, 15) is 43.2 Å². The topological polar surface area (TPSA) is 237 Å². The molecule has 0 amide bonds. The van der Waals surface area contributed by atoms with Gasteiger partial charge in [0.1, 0.15) is 19.3 Å². The summed E-state index contributed by atoms with van der Waals surface area (Å²) in [4.78, 5) is 73.1. The van der Waals surface area contributed by atoms with E-state index >= 15 is 0 Å². The number of phosphoric ester groups is 2. The van der Waals surface area contributed by atoms with Crippen LogP contribution in [0.25, 0.3) is 0 Å². The minimum atomic E-state index is -4.96. The molecule has 0 rings (SSSR count). The Labute approximate surface area is 613 Å². The maximum atomic E-state index is 13.1. The standard InChI is InChI=1S/C81H158O17P2/c1-7-10-12-14-16-18-20-26-35-41-47-53-59-65-80(85)97-76(69-91-78(83)63-57-51-45-39-33-21-19-17-15-13-11-8-2)71-95-99(87,88)93-67-75(82)68-94-100(89,90)96-72-77(70-92-79(84)64-58-52-46-40-34-29-24-22-27-31-37-43-49-55-61-73(4)5)98-81(86)66-60-54-48-42-36-30-25-23-28-32-38-44-50-56-62-74(6)9-3/h73-77,82H,7-72H2,1-6H3,(H,87,88)(H,89,90)/t74?,75-,76+,77+/m0/s1. The average Bonchev–Trinajstić information content (AvgIpc) is 0.925. The number of rotatable bonds is 80. The Morgan fingerprint density at radius 1 is 0.290 bits per heavy atom. The van der Waals surface area contributed by atoms with E-state index in [-0.39, 0.29) is 25.7 Å². The number of aliphatic hydroxyl groups excluding tert-OH is 1. The fraction of sp³-hybridized carbons (Fsp3) is 0.951. The van der Waals surface area contributed by atoms with Gasteiger partial charge in [0.05, 0.1) is 26.4 Å². The summed E-state index contributed by atoms with van der Waals surface area (Å²) in [5.74, 6) is -0.460. The van der Waals surface area contributed by atoms with Crippen LogP contribution in [0.1, 0.15) is 427 Å². The lowest BCUT2D eigenvalue weighted by molar-refractivity contribution is -0.161. The van der Waals surface area contributed by atoms with Crippen LogP contribution in [0.4, 0.5) is 0 Å². The van der Waals surface area contributed by atoms with Gasteiger partial charge in [-0.2, -0.15) is 0 Å². The molecule has 0 radical (unpaired) electrons. The molecule has 0 aromatic heterocycles. The minimum absolute atomic E-state index is 0.108. The molecule has 594 valence electrons. The van der Waals surface area contributed by atoms with Crippen molar-refractivity contribution in [3.05, 3.63) is 0 Å². The normalized spacial score (nSPS) is 14.2. The molecule has 0 fully saturated rings. The van der Waals surface area contributed by atoms with E-state index in [1.807, 2.05) is 0 Å². The van der Waals surface area contributed by atoms with Crippen LogP contribution in [0.3, 0.4) is 0 Å². The van der Waals surface area contributed by atoms with Gasteiger partial charge in [-0.25, -0.2) is 9.13 Å². The summed E-state index contributed by atoms with van der Waals surface area (Å²) < 4.78 is 68.7. The molecule has 6 atom stereocenters. The van der Waals surface area contributed by atoms with Gasteiger partial charge in [0.25, 0.3) is 0 Å². The van der Waals surface area contributed by atoms with Gasteiger partial charge in [0.15, 0.2) is 12.2 Å². The second kappa shape index (κ2) is 72.6. The lowest BCUT2D eigenvalue weighted by Crippen LogP contribution is -2.30. The molecule has 0 aliphatic heterocycles. The van der Waals surface area contributed by atoms with Crippen molar-refractivity contribution in [2.45, 2.75) is 445 Å². The molecule has 100 heavy (non-hydrogen) atoms. The first-order valence-corrected chi connectivity index (χ1v) is 45.0. The van der Waals surface area contributed by atoms with Gasteiger partial charge < -0.3 is 33.8 Å². The molecule has 0 aliphatic rings. The fourth-order valence-electron chi connectivity index (χ4n) is 12.5. The Balaban J connectivity index is 5.26. The molecule has 0 saturated carbocycles. The van der Waals surface area contributed by atoms with E-state index in [4.69, 9.17) is 37.0 Å². The van der Waals surface area contributed by atoms with Crippen LogP contribution in [-0.4, -0.2) is 96.7 Å². The highest BCUT2D eigenvalue weighted by Crippen LogP contribution is 2.45. The largest absolute Gasteiger partial charge is 0.472 e. The quantitative estimate of drug-likeness (QED) is 0.0222. The number of aliphatic hydroxyl groups is 1. The van der Waals surface area contributed by atoms with Crippen LogP contribution in [-0.2, 0) is 65.4 Å². The number of hydrogen-bond acceptors (Lipinski definition) is 15. The van der Waals surface area contributed by atoms with Crippen molar-refractivity contribution in [3.63, 3.8) is 0 Å². The number of esters is 4. The predicted molar refractivity (Wildman–Crippen MR) is 409 cm³/mol. The molecular weight excluding hydrogens is 1310 g/mol. The third-order valence-corrected chi connectivity index (χ3v) is 21.2. The summed E-state index contributed by atoms with van der Waals surface area (Å²) in [6.45, 7) is 9.72. The zero-order chi connectivity index (χ0) is 73.5.